The van der Waals surface area contributed by atoms with Gasteiger partial charge in [0.1, 0.15) is 17.9 Å². The molecule has 2 aliphatic heterocycles. The molecule has 0 radical (unpaired) electrons. The summed E-state index contributed by atoms with van der Waals surface area (Å²) in [5.74, 6) is -1.11. The summed E-state index contributed by atoms with van der Waals surface area (Å²) in [7, 11) is 1.77. The third-order valence-corrected chi connectivity index (χ3v) is 6.34. The van der Waals surface area contributed by atoms with E-state index < -0.39 is 29.9 Å². The maximum Gasteiger partial charge on any atom is 0.241 e. The molecule has 30 heavy (non-hydrogen) atoms. The fourth-order valence-corrected chi connectivity index (χ4v) is 5.39. The van der Waals surface area contributed by atoms with Gasteiger partial charge in [0.25, 0.3) is 0 Å². The Morgan fingerprint density at radius 1 is 0.967 bits per heavy atom. The summed E-state index contributed by atoms with van der Waals surface area (Å²) in [4.78, 5) is 29.3. The lowest BCUT2D eigenvalue weighted by Gasteiger charge is -2.40. The van der Waals surface area contributed by atoms with Gasteiger partial charge in [-0.05, 0) is 28.7 Å². The fourth-order valence-electron chi connectivity index (χ4n) is 5.39. The summed E-state index contributed by atoms with van der Waals surface area (Å²) in [5.41, 5.74) is 1.10. The number of nitrogens with zero attached hydrogens (tertiary/aromatic N) is 3. The van der Waals surface area contributed by atoms with Crippen LogP contribution in [0, 0.1) is 21.3 Å². The number of amides is 1. The van der Waals surface area contributed by atoms with E-state index in [4.69, 9.17) is 0 Å². The lowest BCUT2D eigenvalue weighted by Crippen LogP contribution is -2.49. The van der Waals surface area contributed by atoms with Gasteiger partial charge in [-0.3, -0.25) is 19.8 Å². The second-order valence-electron chi connectivity index (χ2n) is 9.29. The Bertz CT molecular complexity index is 958. The normalized spacial score (nSPS) is 29.3. The molecule has 7 heteroatoms. The zero-order valence-corrected chi connectivity index (χ0v) is 17.5. The van der Waals surface area contributed by atoms with E-state index in [0.717, 1.165) is 5.56 Å². The number of nitro groups is 1. The van der Waals surface area contributed by atoms with Crippen LogP contribution in [0.4, 0.5) is 4.39 Å². The summed E-state index contributed by atoms with van der Waals surface area (Å²) in [6.07, 6.45) is -0.318. The van der Waals surface area contributed by atoms with Gasteiger partial charge >= 0.3 is 0 Å². The van der Waals surface area contributed by atoms with Crippen LogP contribution in [0.2, 0.25) is 0 Å². The van der Waals surface area contributed by atoms with Crippen LogP contribution in [0.15, 0.2) is 54.6 Å². The van der Waals surface area contributed by atoms with Gasteiger partial charge in [0.2, 0.25) is 11.9 Å². The van der Waals surface area contributed by atoms with Crippen molar-refractivity contribution in [1.82, 2.24) is 9.80 Å². The molecule has 2 aromatic rings. The average molecular weight is 411 g/mol. The molecule has 0 saturated carbocycles. The highest BCUT2D eigenvalue weighted by Gasteiger charge is 2.66. The van der Waals surface area contributed by atoms with E-state index in [1.807, 2.05) is 56.0 Å². The van der Waals surface area contributed by atoms with Crippen LogP contribution >= 0.6 is 0 Å². The van der Waals surface area contributed by atoms with Crippen LogP contribution in [0.5, 0.6) is 0 Å². The third kappa shape index (κ3) is 3.08. The minimum absolute atomic E-state index is 0.111. The molecule has 1 amide bonds. The zero-order chi connectivity index (χ0) is 21.8. The number of likely N-dealkylation sites (N-methyl/N-ethyl adjacent to an activating group) is 1. The Kier molecular flexibility index (Phi) is 4.89. The molecule has 2 saturated heterocycles. The molecule has 0 bridgehead atoms. The highest BCUT2D eigenvalue weighted by atomic mass is 19.1. The number of rotatable bonds is 3. The third-order valence-electron chi connectivity index (χ3n) is 6.34. The van der Waals surface area contributed by atoms with E-state index in [1.54, 1.807) is 24.1 Å². The Balaban J connectivity index is 1.95. The number of benzene rings is 2. The van der Waals surface area contributed by atoms with Crippen LogP contribution in [0.25, 0.3) is 0 Å². The number of hydrogen-bond donors (Lipinski definition) is 0. The first-order valence-corrected chi connectivity index (χ1v) is 10.1. The summed E-state index contributed by atoms with van der Waals surface area (Å²) in [6.45, 7) is 6.09. The van der Waals surface area contributed by atoms with Crippen LogP contribution in [-0.2, 0) is 4.79 Å². The standard InChI is InChI=1S/C23H26FN3O3/c1-23(2,3)22-25(4)21(28)20-17(14-8-6-5-7-9-14)19(27(29)30)18(26(20)22)15-10-12-16(24)13-11-15/h5-13,17-20,22H,1-4H3/t17-,18+,19-,20?,22?/m0/s1. The van der Waals surface area contributed by atoms with Crippen molar-refractivity contribution in [3.05, 3.63) is 81.7 Å². The predicted molar refractivity (Wildman–Crippen MR) is 111 cm³/mol. The van der Waals surface area contributed by atoms with Gasteiger partial charge in [-0.25, -0.2) is 4.39 Å². The number of hydrogen-bond acceptors (Lipinski definition) is 4. The van der Waals surface area contributed by atoms with Crippen LogP contribution < -0.4 is 0 Å². The lowest BCUT2D eigenvalue weighted by atomic mass is 9.84. The molecule has 0 N–H and O–H groups in total. The summed E-state index contributed by atoms with van der Waals surface area (Å²) in [5, 5.41) is 12.4. The Hall–Kier alpha value is -2.80. The summed E-state index contributed by atoms with van der Waals surface area (Å²) >= 11 is 0. The maximum absolute atomic E-state index is 13.6. The van der Waals surface area contributed by atoms with Crippen molar-refractivity contribution in [3.63, 3.8) is 0 Å². The number of halogens is 1. The van der Waals surface area contributed by atoms with Crippen LogP contribution in [-0.4, -0.2) is 45.9 Å². The van der Waals surface area contributed by atoms with Crippen LogP contribution in [0.1, 0.15) is 43.9 Å². The molecule has 2 heterocycles. The van der Waals surface area contributed by atoms with Gasteiger partial charge in [0, 0.05) is 12.0 Å². The largest absolute Gasteiger partial charge is 0.328 e. The van der Waals surface area contributed by atoms with Crippen molar-refractivity contribution in [3.8, 4) is 0 Å². The van der Waals surface area contributed by atoms with Gasteiger partial charge in [0.05, 0.1) is 12.1 Å². The zero-order valence-electron chi connectivity index (χ0n) is 17.5. The number of carbonyl (C=O) groups is 1. The average Bonchev–Trinajstić information content (AvgIpc) is 3.15. The van der Waals surface area contributed by atoms with Gasteiger partial charge in [-0.1, -0.05) is 63.2 Å². The van der Waals surface area contributed by atoms with Crippen molar-refractivity contribution in [2.24, 2.45) is 5.41 Å². The number of carbonyl (C=O) groups excluding carboxylic acids is 1. The first kappa shape index (κ1) is 20.5. The molecule has 0 aliphatic carbocycles. The van der Waals surface area contributed by atoms with E-state index in [0.29, 0.717) is 5.56 Å². The molecular weight excluding hydrogens is 385 g/mol. The van der Waals surface area contributed by atoms with Gasteiger partial charge in [0.15, 0.2) is 0 Å². The highest BCUT2D eigenvalue weighted by molar-refractivity contribution is 5.86. The first-order valence-electron chi connectivity index (χ1n) is 10.1. The predicted octanol–water partition coefficient (Wildman–Crippen LogP) is 3.82. The lowest BCUT2D eigenvalue weighted by molar-refractivity contribution is -0.529. The smallest absolute Gasteiger partial charge is 0.241 e. The molecule has 0 aromatic heterocycles. The van der Waals surface area contributed by atoms with Crippen molar-refractivity contribution in [2.45, 2.75) is 51.0 Å². The molecule has 4 rings (SSSR count). The molecular formula is C23H26FN3O3. The Labute approximate surface area is 175 Å². The molecule has 0 spiro atoms. The molecule has 5 atom stereocenters. The second-order valence-corrected chi connectivity index (χ2v) is 9.29. The summed E-state index contributed by atoms with van der Waals surface area (Å²) < 4.78 is 13.6. The molecule has 2 unspecified atom stereocenters. The van der Waals surface area contributed by atoms with Gasteiger partial charge in [-0.2, -0.15) is 0 Å². The molecule has 6 nitrogen and oxygen atoms in total. The van der Waals surface area contributed by atoms with Gasteiger partial charge in [-0.15, -0.1) is 0 Å². The highest BCUT2D eigenvalue weighted by Crippen LogP contribution is 2.53. The van der Waals surface area contributed by atoms with E-state index in [9.17, 15) is 19.3 Å². The van der Waals surface area contributed by atoms with E-state index in [1.165, 1.54) is 12.1 Å². The molecule has 2 aromatic carbocycles. The molecule has 2 aliphatic rings. The van der Waals surface area contributed by atoms with Crippen LogP contribution in [0.3, 0.4) is 0 Å². The van der Waals surface area contributed by atoms with E-state index in [-0.39, 0.29) is 22.4 Å². The topological polar surface area (TPSA) is 66.7 Å². The van der Waals surface area contributed by atoms with Gasteiger partial charge < -0.3 is 4.90 Å². The first-order chi connectivity index (χ1) is 14.1. The second kappa shape index (κ2) is 7.16. The SMILES string of the molecule is CN1C(=O)C2[C@@H](c3ccccc3)[C@H]([N+](=O)[O-])[C@@H](c3ccc(F)cc3)N2C1C(C)(C)C. The minimum Gasteiger partial charge on any atom is -0.328 e. The number of fused-ring (bicyclic) bond motifs is 1. The van der Waals surface area contributed by atoms with Crippen molar-refractivity contribution in [2.75, 3.05) is 7.05 Å². The summed E-state index contributed by atoms with van der Waals surface area (Å²) in [6, 6.07) is 12.8. The Morgan fingerprint density at radius 3 is 2.10 bits per heavy atom. The monoisotopic (exact) mass is 411 g/mol. The molecule has 2 fully saturated rings. The van der Waals surface area contributed by atoms with Crippen molar-refractivity contribution >= 4 is 5.91 Å². The Morgan fingerprint density at radius 2 is 1.57 bits per heavy atom. The van der Waals surface area contributed by atoms with Crippen molar-refractivity contribution < 1.29 is 14.1 Å². The maximum atomic E-state index is 13.6. The van der Waals surface area contributed by atoms with E-state index in [2.05, 4.69) is 0 Å². The minimum atomic E-state index is -1.02. The fraction of sp³-hybridized carbons (Fsp3) is 0.435. The van der Waals surface area contributed by atoms with E-state index >= 15 is 0 Å². The van der Waals surface area contributed by atoms with Crippen molar-refractivity contribution in [1.29, 1.82) is 0 Å². The quantitative estimate of drug-likeness (QED) is 0.569. The molecule has 158 valence electrons.